The Morgan fingerprint density at radius 2 is 1.00 bits per heavy atom. The van der Waals surface area contributed by atoms with Crippen LogP contribution in [0.4, 0.5) is 0 Å². The van der Waals surface area contributed by atoms with Crippen LogP contribution in [0.5, 0.6) is 0 Å². The number of terminal acetylenes is 1. The summed E-state index contributed by atoms with van der Waals surface area (Å²) in [6.07, 6.45) is 7.10. The Bertz CT molecular complexity index is 36.5. The van der Waals surface area contributed by atoms with E-state index >= 15 is 0 Å². The summed E-state index contributed by atoms with van der Waals surface area (Å²) in [6, 6.07) is 0. The average molecular weight is 128 g/mol. The second-order valence-corrected chi connectivity index (χ2v) is 1.70. The molecule has 0 N–H and O–H groups in total. The maximum Gasteiger partial charge on any atom is -0.00297 e. The summed E-state index contributed by atoms with van der Waals surface area (Å²) >= 11 is 0. The predicted molar refractivity (Wildman–Crippen MR) is 46.4 cm³/mol. The molecule has 0 atom stereocenters. The van der Waals surface area contributed by atoms with Gasteiger partial charge in [-0.1, -0.05) is 40.5 Å². The third kappa shape index (κ3) is 1210. The Kier molecular flexibility index (Phi) is 87.3. The molecule has 0 heterocycles. The molecule has 0 spiro atoms. The van der Waals surface area contributed by atoms with E-state index < -0.39 is 0 Å². The Balaban J connectivity index is -0.0000000600. The molecule has 0 amide bonds. The van der Waals surface area contributed by atoms with E-state index in [9.17, 15) is 0 Å². The maximum atomic E-state index is 4.60. The third-order valence-corrected chi connectivity index (χ3v) is 0. The molecule has 0 rings (SSSR count). The third-order valence-electron chi connectivity index (χ3n) is 0. The standard InChI is InChI=1S/2C3H8.C3H4/c3*1-3-2/h2*3H2,1-2H3;1H,2H3. The van der Waals surface area contributed by atoms with Crippen molar-refractivity contribution in [2.75, 3.05) is 0 Å². The van der Waals surface area contributed by atoms with Crippen molar-refractivity contribution in [3.05, 3.63) is 0 Å². The summed E-state index contributed by atoms with van der Waals surface area (Å²) in [6.45, 7) is 10.2. The molecule has 0 fully saturated rings. The number of rotatable bonds is 0. The van der Waals surface area contributed by atoms with Crippen molar-refractivity contribution in [3.63, 3.8) is 0 Å². The van der Waals surface area contributed by atoms with Gasteiger partial charge in [0.25, 0.3) is 0 Å². The van der Waals surface area contributed by atoms with Crippen LogP contribution in [0, 0.1) is 12.3 Å². The fourth-order valence-corrected chi connectivity index (χ4v) is 0. The first-order valence-electron chi connectivity index (χ1n) is 3.62. The summed E-state index contributed by atoms with van der Waals surface area (Å²) in [5.41, 5.74) is 0. The molecular formula is C9H20. The lowest BCUT2D eigenvalue weighted by Gasteiger charge is -1.48. The van der Waals surface area contributed by atoms with E-state index in [1.54, 1.807) is 6.92 Å². The molecule has 56 valence electrons. The van der Waals surface area contributed by atoms with Gasteiger partial charge in [-0.3, -0.25) is 0 Å². The molecule has 9 heavy (non-hydrogen) atoms. The first kappa shape index (κ1) is 15.8. The highest BCUT2D eigenvalue weighted by Gasteiger charge is 1.36. The van der Waals surface area contributed by atoms with Crippen LogP contribution in [0.25, 0.3) is 0 Å². The zero-order chi connectivity index (χ0) is 8.12. The Morgan fingerprint density at radius 3 is 1.00 bits per heavy atom. The molecule has 0 aliphatic carbocycles. The molecule has 0 nitrogen and oxygen atoms in total. The first-order chi connectivity index (χ1) is 4.24. The lowest BCUT2D eigenvalue weighted by atomic mass is 10.6. The lowest BCUT2D eigenvalue weighted by Crippen LogP contribution is -1.27. The molecule has 0 aromatic heterocycles. The number of hydrogen-bond donors (Lipinski definition) is 0. The second-order valence-electron chi connectivity index (χ2n) is 1.70. The van der Waals surface area contributed by atoms with E-state index in [4.69, 9.17) is 0 Å². The van der Waals surface area contributed by atoms with Crippen LogP contribution in [0.2, 0.25) is 0 Å². The lowest BCUT2D eigenvalue weighted by molar-refractivity contribution is 1.09. The molecule has 0 radical (unpaired) electrons. The molecule has 0 bridgehead atoms. The van der Waals surface area contributed by atoms with Gasteiger partial charge in [-0.2, -0.15) is 0 Å². The van der Waals surface area contributed by atoms with Gasteiger partial charge in [-0.15, -0.1) is 12.3 Å². The van der Waals surface area contributed by atoms with Gasteiger partial charge in [0.2, 0.25) is 0 Å². The highest BCUT2D eigenvalue weighted by atomic mass is 13.4. The van der Waals surface area contributed by atoms with Crippen molar-refractivity contribution in [3.8, 4) is 12.3 Å². The predicted octanol–water partition coefficient (Wildman–Crippen LogP) is 3.47. The quantitative estimate of drug-likeness (QED) is 0.438. The largest absolute Gasteiger partial charge is 0.120 e. The molecular weight excluding hydrogens is 108 g/mol. The fourth-order valence-electron chi connectivity index (χ4n) is 0. The van der Waals surface area contributed by atoms with E-state index in [2.05, 4.69) is 40.0 Å². The zero-order valence-corrected chi connectivity index (χ0v) is 7.49. The monoisotopic (exact) mass is 128 g/mol. The Morgan fingerprint density at radius 1 is 1.00 bits per heavy atom. The van der Waals surface area contributed by atoms with E-state index in [0.717, 1.165) is 0 Å². The topological polar surface area (TPSA) is 0 Å². The molecule has 0 saturated carbocycles. The highest BCUT2D eigenvalue weighted by Crippen LogP contribution is 1.56. The van der Waals surface area contributed by atoms with Gasteiger partial charge < -0.3 is 0 Å². The van der Waals surface area contributed by atoms with Crippen LogP contribution in [0.15, 0.2) is 0 Å². The minimum absolute atomic E-state index is 1.25. The Hall–Kier alpha value is -0.440. The van der Waals surface area contributed by atoms with Gasteiger partial charge in [-0.05, 0) is 6.92 Å². The van der Waals surface area contributed by atoms with Crippen molar-refractivity contribution in [2.24, 2.45) is 0 Å². The minimum Gasteiger partial charge on any atom is -0.120 e. The molecule has 0 unspecified atom stereocenters. The minimum atomic E-state index is 1.25. The molecule has 0 aromatic carbocycles. The zero-order valence-electron chi connectivity index (χ0n) is 7.49. The van der Waals surface area contributed by atoms with E-state index in [1.165, 1.54) is 12.8 Å². The molecule has 0 aliphatic rings. The average Bonchev–Trinajstić information content (AvgIpc) is 1.70. The van der Waals surface area contributed by atoms with Crippen LogP contribution in [0.3, 0.4) is 0 Å². The normalized spacial score (nSPS) is 4.89. The summed E-state index contributed by atoms with van der Waals surface area (Å²) < 4.78 is 0. The maximum absolute atomic E-state index is 4.60. The summed E-state index contributed by atoms with van der Waals surface area (Å²) in [7, 11) is 0. The van der Waals surface area contributed by atoms with Crippen LogP contribution in [-0.4, -0.2) is 0 Å². The Labute approximate surface area is 60.7 Å². The van der Waals surface area contributed by atoms with Gasteiger partial charge in [0.15, 0.2) is 0 Å². The first-order valence-corrected chi connectivity index (χ1v) is 3.62. The fraction of sp³-hybridized carbons (Fsp3) is 0.778. The molecule has 0 heteroatoms. The van der Waals surface area contributed by atoms with Gasteiger partial charge in [0.1, 0.15) is 0 Å². The molecule has 0 aromatic rings. The van der Waals surface area contributed by atoms with Crippen molar-refractivity contribution in [1.82, 2.24) is 0 Å². The smallest absolute Gasteiger partial charge is 0.00297 e. The van der Waals surface area contributed by atoms with Crippen molar-refractivity contribution < 1.29 is 0 Å². The van der Waals surface area contributed by atoms with Crippen molar-refractivity contribution in [1.29, 1.82) is 0 Å². The van der Waals surface area contributed by atoms with E-state index in [0.29, 0.717) is 0 Å². The van der Waals surface area contributed by atoms with Crippen molar-refractivity contribution >= 4 is 0 Å². The second kappa shape index (κ2) is 49.6. The summed E-state index contributed by atoms with van der Waals surface area (Å²) in [4.78, 5) is 0. The SMILES string of the molecule is C#CC.CCC.CCC. The molecule has 0 saturated heterocycles. The van der Waals surface area contributed by atoms with Crippen LogP contribution >= 0.6 is 0 Å². The van der Waals surface area contributed by atoms with Crippen molar-refractivity contribution in [2.45, 2.75) is 47.5 Å². The van der Waals surface area contributed by atoms with E-state index in [1.807, 2.05) is 0 Å². The summed E-state index contributed by atoms with van der Waals surface area (Å²) in [5, 5.41) is 0. The van der Waals surface area contributed by atoms with Gasteiger partial charge in [0, 0.05) is 0 Å². The van der Waals surface area contributed by atoms with Crippen LogP contribution in [-0.2, 0) is 0 Å². The van der Waals surface area contributed by atoms with Crippen LogP contribution in [0.1, 0.15) is 47.5 Å². The van der Waals surface area contributed by atoms with E-state index in [-0.39, 0.29) is 0 Å². The van der Waals surface area contributed by atoms with Gasteiger partial charge in [-0.25, -0.2) is 0 Å². The van der Waals surface area contributed by atoms with Gasteiger partial charge in [0.05, 0.1) is 0 Å². The highest BCUT2D eigenvalue weighted by molar-refractivity contribution is 4.73. The van der Waals surface area contributed by atoms with Gasteiger partial charge >= 0.3 is 0 Å². The molecule has 0 aliphatic heterocycles. The number of hydrogen-bond acceptors (Lipinski definition) is 0. The van der Waals surface area contributed by atoms with Crippen LogP contribution < -0.4 is 0 Å². The summed E-state index contributed by atoms with van der Waals surface area (Å²) in [5.74, 6) is 2.25.